The Bertz CT molecular complexity index is 805. The van der Waals surface area contributed by atoms with Gasteiger partial charge in [0.1, 0.15) is 12.4 Å². The second kappa shape index (κ2) is 7.39. The fourth-order valence-electron chi connectivity index (χ4n) is 8.66. The quantitative estimate of drug-likeness (QED) is 0.806. The van der Waals surface area contributed by atoms with E-state index in [1.807, 2.05) is 6.92 Å². The second-order valence-electron chi connectivity index (χ2n) is 11.3. The van der Waals surface area contributed by atoms with Crippen LogP contribution in [0.15, 0.2) is 0 Å². The standard InChI is InChI=1S/C24H38N4O2/c1-4-24-12-11-23(3,30)13-16(24)5-6-19-17-7-8-20(18(17)9-10-21(19)24)22(29)14-28-15(2)25-26-27-28/h16-21,30H,4-14H2,1-3H3/t16-,17-,18+,19+,20+,21+,23-,24+/m1/s1. The summed E-state index contributed by atoms with van der Waals surface area (Å²) in [7, 11) is 0. The molecule has 0 saturated heterocycles. The van der Waals surface area contributed by atoms with Gasteiger partial charge in [0.25, 0.3) is 0 Å². The Kier molecular flexibility index (Phi) is 5.07. The van der Waals surface area contributed by atoms with Crippen LogP contribution in [0.25, 0.3) is 0 Å². The number of aryl methyl sites for hydroxylation is 1. The third kappa shape index (κ3) is 3.16. The van der Waals surface area contributed by atoms with Crippen LogP contribution in [0.1, 0.15) is 83.9 Å². The predicted octanol–water partition coefficient (Wildman–Crippen LogP) is 3.96. The maximum absolute atomic E-state index is 13.2. The summed E-state index contributed by atoms with van der Waals surface area (Å²) in [5.41, 5.74) is -0.0334. The molecule has 6 nitrogen and oxygen atoms in total. The van der Waals surface area contributed by atoms with E-state index in [0.717, 1.165) is 42.8 Å². The topological polar surface area (TPSA) is 80.9 Å². The normalized spacial score (nSPS) is 45.5. The van der Waals surface area contributed by atoms with Crippen LogP contribution in [0.3, 0.4) is 0 Å². The van der Waals surface area contributed by atoms with E-state index in [0.29, 0.717) is 29.6 Å². The highest BCUT2D eigenvalue weighted by Gasteiger charge is 2.59. The number of ketones is 1. The van der Waals surface area contributed by atoms with Crippen molar-refractivity contribution in [1.82, 2.24) is 20.2 Å². The van der Waals surface area contributed by atoms with E-state index in [1.54, 1.807) is 4.68 Å². The number of nitrogens with zero attached hydrogens (tertiary/aromatic N) is 4. The maximum Gasteiger partial charge on any atom is 0.157 e. The molecule has 6 heteroatoms. The molecule has 1 aromatic rings. The molecule has 5 rings (SSSR count). The highest BCUT2D eigenvalue weighted by Crippen LogP contribution is 2.65. The first-order chi connectivity index (χ1) is 14.3. The molecule has 0 spiro atoms. The van der Waals surface area contributed by atoms with Gasteiger partial charge in [0, 0.05) is 5.92 Å². The third-order valence-corrected chi connectivity index (χ3v) is 10.1. The minimum atomic E-state index is -0.466. The van der Waals surface area contributed by atoms with E-state index in [1.165, 1.54) is 44.9 Å². The lowest BCUT2D eigenvalue weighted by molar-refractivity contribution is -0.146. The third-order valence-electron chi connectivity index (χ3n) is 10.1. The van der Waals surface area contributed by atoms with Gasteiger partial charge >= 0.3 is 0 Å². The number of Topliss-reactive ketones (excluding diaryl/α,β-unsaturated/α-hetero) is 1. The molecule has 30 heavy (non-hydrogen) atoms. The van der Waals surface area contributed by atoms with Crippen LogP contribution in [-0.4, -0.2) is 36.7 Å². The van der Waals surface area contributed by atoms with E-state index in [-0.39, 0.29) is 5.92 Å². The zero-order valence-corrected chi connectivity index (χ0v) is 18.9. The summed E-state index contributed by atoms with van der Waals surface area (Å²) in [6.45, 7) is 6.64. The molecule has 0 unspecified atom stereocenters. The SMILES string of the molecule is CC[C@]12CC[C@@](C)(O)C[C@H]1CC[C@H]1[C@@H]3CC[C@H](C(=O)Cn4nnnc4C)[C@H]3CC[C@@H]12. The van der Waals surface area contributed by atoms with E-state index in [9.17, 15) is 9.90 Å². The number of hydrogen-bond acceptors (Lipinski definition) is 5. The molecule has 4 saturated carbocycles. The van der Waals surface area contributed by atoms with Gasteiger partial charge in [-0.15, -0.1) is 5.10 Å². The van der Waals surface area contributed by atoms with Crippen molar-refractivity contribution >= 4 is 5.78 Å². The van der Waals surface area contributed by atoms with Crippen molar-refractivity contribution in [3.63, 3.8) is 0 Å². The average Bonchev–Trinajstić information content (AvgIpc) is 3.33. The smallest absolute Gasteiger partial charge is 0.157 e. The highest BCUT2D eigenvalue weighted by molar-refractivity contribution is 5.81. The molecule has 4 aliphatic rings. The molecule has 1 heterocycles. The van der Waals surface area contributed by atoms with Gasteiger partial charge in [0.15, 0.2) is 5.78 Å². The first-order valence-electron chi connectivity index (χ1n) is 12.3. The number of fused-ring (bicyclic) bond motifs is 5. The molecular weight excluding hydrogens is 376 g/mol. The monoisotopic (exact) mass is 414 g/mol. The lowest BCUT2D eigenvalue weighted by Crippen LogP contribution is -2.55. The summed E-state index contributed by atoms with van der Waals surface area (Å²) in [6, 6.07) is 0. The number of carbonyl (C=O) groups is 1. The van der Waals surface area contributed by atoms with E-state index < -0.39 is 5.60 Å². The van der Waals surface area contributed by atoms with Gasteiger partial charge < -0.3 is 5.11 Å². The zero-order chi connectivity index (χ0) is 21.1. The number of tetrazole rings is 1. The minimum absolute atomic E-state index is 0.196. The van der Waals surface area contributed by atoms with Crippen molar-refractivity contribution in [3.05, 3.63) is 5.82 Å². The Morgan fingerprint density at radius 2 is 1.87 bits per heavy atom. The van der Waals surface area contributed by atoms with Gasteiger partial charge in [-0.25, -0.2) is 4.68 Å². The molecule has 0 bridgehead atoms. The molecular formula is C24H38N4O2. The summed E-state index contributed by atoms with van der Waals surface area (Å²) in [4.78, 5) is 13.2. The molecule has 0 radical (unpaired) electrons. The Labute approximate surface area is 180 Å². The molecule has 0 aliphatic heterocycles. The van der Waals surface area contributed by atoms with Crippen LogP contribution in [-0.2, 0) is 11.3 Å². The molecule has 4 aliphatic carbocycles. The fourth-order valence-corrected chi connectivity index (χ4v) is 8.66. The number of carbonyl (C=O) groups excluding carboxylic acids is 1. The fraction of sp³-hybridized carbons (Fsp3) is 0.917. The second-order valence-corrected chi connectivity index (χ2v) is 11.3. The summed E-state index contributed by atoms with van der Waals surface area (Å²) >= 11 is 0. The van der Waals surface area contributed by atoms with Crippen LogP contribution in [0.2, 0.25) is 0 Å². The summed E-state index contributed by atoms with van der Waals surface area (Å²) in [5.74, 6) is 4.81. The van der Waals surface area contributed by atoms with E-state index in [4.69, 9.17) is 0 Å². The maximum atomic E-state index is 13.2. The predicted molar refractivity (Wildman–Crippen MR) is 113 cm³/mol. The van der Waals surface area contributed by atoms with Gasteiger partial charge in [0.05, 0.1) is 5.60 Å². The van der Waals surface area contributed by atoms with E-state index in [2.05, 4.69) is 29.4 Å². The molecule has 0 amide bonds. The zero-order valence-electron chi connectivity index (χ0n) is 18.9. The molecule has 8 atom stereocenters. The minimum Gasteiger partial charge on any atom is -0.390 e. The van der Waals surface area contributed by atoms with E-state index >= 15 is 0 Å². The van der Waals surface area contributed by atoms with Gasteiger partial charge in [0.2, 0.25) is 0 Å². The van der Waals surface area contributed by atoms with Crippen molar-refractivity contribution in [3.8, 4) is 0 Å². The lowest BCUT2D eigenvalue weighted by atomic mass is 9.44. The van der Waals surface area contributed by atoms with Crippen LogP contribution in [0.5, 0.6) is 0 Å². The number of aromatic nitrogens is 4. The summed E-state index contributed by atoms with van der Waals surface area (Å²) in [5, 5.41) is 22.3. The molecule has 1 aromatic heterocycles. The van der Waals surface area contributed by atoms with Gasteiger partial charge in [-0.2, -0.15) is 0 Å². The first kappa shape index (κ1) is 20.6. The number of hydrogen-bond donors (Lipinski definition) is 1. The van der Waals surface area contributed by atoms with Crippen LogP contribution in [0, 0.1) is 47.8 Å². The van der Waals surface area contributed by atoms with Crippen molar-refractivity contribution in [2.24, 2.45) is 40.9 Å². The Hall–Kier alpha value is -1.30. The van der Waals surface area contributed by atoms with Crippen LogP contribution in [0.4, 0.5) is 0 Å². The van der Waals surface area contributed by atoms with Crippen molar-refractivity contribution in [2.75, 3.05) is 0 Å². The highest BCUT2D eigenvalue weighted by atomic mass is 16.3. The Morgan fingerprint density at radius 1 is 1.10 bits per heavy atom. The Balaban J connectivity index is 1.33. The van der Waals surface area contributed by atoms with Gasteiger partial charge in [-0.1, -0.05) is 6.92 Å². The van der Waals surface area contributed by atoms with Gasteiger partial charge in [-0.05, 0) is 123 Å². The average molecular weight is 415 g/mol. The summed E-state index contributed by atoms with van der Waals surface area (Å²) in [6.07, 6.45) is 11.8. The largest absolute Gasteiger partial charge is 0.390 e. The first-order valence-corrected chi connectivity index (χ1v) is 12.3. The molecule has 166 valence electrons. The van der Waals surface area contributed by atoms with Gasteiger partial charge in [-0.3, -0.25) is 4.79 Å². The molecule has 1 N–H and O–H groups in total. The molecule has 0 aromatic carbocycles. The lowest BCUT2D eigenvalue weighted by Gasteiger charge is -2.61. The van der Waals surface area contributed by atoms with Crippen LogP contribution >= 0.6 is 0 Å². The number of aliphatic hydroxyl groups is 1. The summed E-state index contributed by atoms with van der Waals surface area (Å²) < 4.78 is 1.66. The number of rotatable bonds is 4. The Morgan fingerprint density at radius 3 is 2.60 bits per heavy atom. The van der Waals surface area contributed by atoms with Crippen molar-refractivity contribution in [2.45, 2.75) is 97.1 Å². The van der Waals surface area contributed by atoms with Crippen molar-refractivity contribution < 1.29 is 9.90 Å². The van der Waals surface area contributed by atoms with Crippen LogP contribution < -0.4 is 0 Å². The molecule has 4 fully saturated rings. The van der Waals surface area contributed by atoms with Crippen molar-refractivity contribution in [1.29, 1.82) is 0 Å².